The summed E-state index contributed by atoms with van der Waals surface area (Å²) < 4.78 is 0. The van der Waals surface area contributed by atoms with Gasteiger partial charge < -0.3 is 10.2 Å². The fraction of sp³-hybridized carbons (Fsp3) is 0.625. The van der Waals surface area contributed by atoms with Gasteiger partial charge in [-0.15, -0.1) is 12.4 Å². The second kappa shape index (κ2) is 8.46. The number of carbonyl (C=O) groups excluding carboxylic acids is 1. The molecule has 0 aromatic carbocycles. The first-order chi connectivity index (χ1) is 10.3. The van der Waals surface area contributed by atoms with Gasteiger partial charge in [-0.1, -0.05) is 0 Å². The molecule has 5 nitrogen and oxygen atoms in total. The van der Waals surface area contributed by atoms with Crippen molar-refractivity contribution in [1.29, 1.82) is 0 Å². The van der Waals surface area contributed by atoms with Crippen molar-refractivity contribution < 1.29 is 4.79 Å². The first-order valence-electron chi connectivity index (χ1n) is 7.94. The van der Waals surface area contributed by atoms with Gasteiger partial charge in [0, 0.05) is 51.0 Å². The fourth-order valence-electron chi connectivity index (χ4n) is 3.20. The molecule has 1 aromatic heterocycles. The second-order valence-electron chi connectivity index (χ2n) is 5.98. The Kier molecular flexibility index (Phi) is 6.61. The van der Waals surface area contributed by atoms with Gasteiger partial charge in [-0.3, -0.25) is 14.7 Å². The van der Waals surface area contributed by atoms with Crippen LogP contribution in [0.25, 0.3) is 0 Å². The van der Waals surface area contributed by atoms with Crippen LogP contribution in [0.5, 0.6) is 0 Å². The average molecular weight is 325 g/mol. The van der Waals surface area contributed by atoms with Gasteiger partial charge in [-0.05, 0) is 43.6 Å². The van der Waals surface area contributed by atoms with Crippen molar-refractivity contribution >= 4 is 18.3 Å². The van der Waals surface area contributed by atoms with Gasteiger partial charge in [0.1, 0.15) is 0 Å². The quantitative estimate of drug-likeness (QED) is 0.906. The molecule has 2 aliphatic heterocycles. The van der Waals surface area contributed by atoms with E-state index in [2.05, 4.69) is 32.2 Å². The van der Waals surface area contributed by atoms with Crippen molar-refractivity contribution in [2.24, 2.45) is 5.92 Å². The Hall–Kier alpha value is -1.17. The molecule has 0 radical (unpaired) electrons. The predicted octanol–water partition coefficient (Wildman–Crippen LogP) is 1.15. The maximum Gasteiger partial charge on any atom is 0.225 e. The van der Waals surface area contributed by atoms with E-state index in [0.717, 1.165) is 58.7 Å². The number of halogens is 1. The van der Waals surface area contributed by atoms with Gasteiger partial charge in [0.15, 0.2) is 0 Å². The standard InChI is InChI=1S/C16H24N4O.ClH/c21-16(15-3-7-18-8-4-15)20-11-9-19(10-12-20)13-14-1-5-17-6-2-14;/h1-2,5-6,15,18H,3-4,7-13H2;1H. The topological polar surface area (TPSA) is 48.5 Å². The number of nitrogens with one attached hydrogen (secondary N) is 1. The van der Waals surface area contributed by atoms with Crippen LogP contribution < -0.4 is 5.32 Å². The third-order valence-corrected chi connectivity index (χ3v) is 4.53. The molecule has 1 aromatic rings. The monoisotopic (exact) mass is 324 g/mol. The fourth-order valence-corrected chi connectivity index (χ4v) is 3.20. The molecule has 6 heteroatoms. The molecule has 0 atom stereocenters. The van der Waals surface area contributed by atoms with E-state index in [1.165, 1.54) is 5.56 Å². The highest BCUT2D eigenvalue weighted by Gasteiger charge is 2.28. The lowest BCUT2D eigenvalue weighted by molar-refractivity contribution is -0.138. The first-order valence-corrected chi connectivity index (χ1v) is 7.94. The number of hydrogen-bond acceptors (Lipinski definition) is 4. The van der Waals surface area contributed by atoms with Gasteiger partial charge in [0.05, 0.1) is 0 Å². The summed E-state index contributed by atoms with van der Waals surface area (Å²) >= 11 is 0. The van der Waals surface area contributed by atoms with Crippen LogP contribution >= 0.6 is 12.4 Å². The molecule has 3 rings (SSSR count). The van der Waals surface area contributed by atoms with Crippen LogP contribution in [0.15, 0.2) is 24.5 Å². The second-order valence-corrected chi connectivity index (χ2v) is 5.98. The number of rotatable bonds is 3. The molecule has 0 bridgehead atoms. The van der Waals surface area contributed by atoms with Gasteiger partial charge >= 0.3 is 0 Å². The zero-order valence-corrected chi connectivity index (χ0v) is 13.7. The number of hydrogen-bond donors (Lipinski definition) is 1. The number of pyridine rings is 1. The molecule has 2 saturated heterocycles. The van der Waals surface area contributed by atoms with Crippen molar-refractivity contribution in [3.05, 3.63) is 30.1 Å². The molecule has 22 heavy (non-hydrogen) atoms. The molecule has 1 N–H and O–H groups in total. The molecule has 0 spiro atoms. The summed E-state index contributed by atoms with van der Waals surface area (Å²) in [5, 5.41) is 3.32. The molecule has 2 aliphatic rings. The Bertz CT molecular complexity index is 456. The van der Waals surface area contributed by atoms with E-state index in [1.807, 2.05) is 12.4 Å². The highest BCUT2D eigenvalue weighted by molar-refractivity contribution is 5.85. The summed E-state index contributed by atoms with van der Waals surface area (Å²) in [5.74, 6) is 0.623. The minimum Gasteiger partial charge on any atom is -0.340 e. The predicted molar refractivity (Wildman–Crippen MR) is 88.9 cm³/mol. The lowest BCUT2D eigenvalue weighted by Crippen LogP contribution is -2.51. The highest BCUT2D eigenvalue weighted by atomic mass is 35.5. The molecular weight excluding hydrogens is 300 g/mol. The summed E-state index contributed by atoms with van der Waals surface area (Å²) in [6.45, 7) is 6.61. The van der Waals surface area contributed by atoms with Crippen molar-refractivity contribution in [2.75, 3.05) is 39.3 Å². The van der Waals surface area contributed by atoms with Crippen LogP contribution in [0.2, 0.25) is 0 Å². The number of carbonyl (C=O) groups is 1. The van der Waals surface area contributed by atoms with Crippen molar-refractivity contribution in [3.63, 3.8) is 0 Å². The summed E-state index contributed by atoms with van der Waals surface area (Å²) in [6, 6.07) is 4.12. The number of piperidine rings is 1. The minimum atomic E-state index is 0. The lowest BCUT2D eigenvalue weighted by Gasteiger charge is -2.37. The van der Waals surface area contributed by atoms with E-state index in [4.69, 9.17) is 0 Å². The van der Waals surface area contributed by atoms with E-state index in [0.29, 0.717) is 5.91 Å². The lowest BCUT2D eigenvalue weighted by atomic mass is 9.96. The Labute approximate surface area is 138 Å². The van der Waals surface area contributed by atoms with Crippen LogP contribution in [0.1, 0.15) is 18.4 Å². The molecular formula is C16H25ClN4O. The molecule has 2 fully saturated rings. The van der Waals surface area contributed by atoms with E-state index in [-0.39, 0.29) is 18.3 Å². The zero-order valence-electron chi connectivity index (χ0n) is 12.9. The van der Waals surface area contributed by atoms with Crippen molar-refractivity contribution in [1.82, 2.24) is 20.1 Å². The van der Waals surface area contributed by atoms with E-state index >= 15 is 0 Å². The first kappa shape index (κ1) is 17.2. The molecule has 0 saturated carbocycles. The SMILES string of the molecule is Cl.O=C(C1CCNCC1)N1CCN(Cc2ccncc2)CC1. The smallest absolute Gasteiger partial charge is 0.225 e. The average Bonchev–Trinajstić information content (AvgIpc) is 2.57. The maximum atomic E-state index is 12.5. The Balaban J connectivity index is 0.00000176. The third kappa shape index (κ3) is 4.41. The minimum absolute atomic E-state index is 0. The summed E-state index contributed by atoms with van der Waals surface area (Å²) in [7, 11) is 0. The van der Waals surface area contributed by atoms with Gasteiger partial charge in [0.25, 0.3) is 0 Å². The number of piperazine rings is 1. The van der Waals surface area contributed by atoms with Crippen molar-refractivity contribution in [3.8, 4) is 0 Å². The van der Waals surface area contributed by atoms with E-state index in [9.17, 15) is 4.79 Å². The number of amides is 1. The van der Waals surface area contributed by atoms with E-state index in [1.54, 1.807) is 0 Å². The highest BCUT2D eigenvalue weighted by Crippen LogP contribution is 2.17. The van der Waals surface area contributed by atoms with Gasteiger partial charge in [-0.25, -0.2) is 0 Å². The van der Waals surface area contributed by atoms with Crippen LogP contribution in [-0.2, 0) is 11.3 Å². The van der Waals surface area contributed by atoms with E-state index < -0.39 is 0 Å². The van der Waals surface area contributed by atoms with Crippen LogP contribution in [0.3, 0.4) is 0 Å². The van der Waals surface area contributed by atoms with Gasteiger partial charge in [0.2, 0.25) is 5.91 Å². The summed E-state index contributed by atoms with van der Waals surface area (Å²) in [6.07, 6.45) is 5.67. The molecule has 122 valence electrons. The number of nitrogens with zero attached hydrogens (tertiary/aromatic N) is 3. The number of aromatic nitrogens is 1. The summed E-state index contributed by atoms with van der Waals surface area (Å²) in [5.41, 5.74) is 1.29. The largest absolute Gasteiger partial charge is 0.340 e. The molecule has 1 amide bonds. The van der Waals surface area contributed by atoms with Crippen molar-refractivity contribution in [2.45, 2.75) is 19.4 Å². The zero-order chi connectivity index (χ0) is 14.5. The Morgan fingerprint density at radius 3 is 2.41 bits per heavy atom. The molecule has 0 aliphatic carbocycles. The molecule has 0 unspecified atom stereocenters. The Morgan fingerprint density at radius 2 is 1.77 bits per heavy atom. The Morgan fingerprint density at radius 1 is 1.14 bits per heavy atom. The van der Waals surface area contributed by atoms with Crippen LogP contribution in [0, 0.1) is 5.92 Å². The van der Waals surface area contributed by atoms with Crippen LogP contribution in [0.4, 0.5) is 0 Å². The van der Waals surface area contributed by atoms with Crippen LogP contribution in [-0.4, -0.2) is 60.0 Å². The third-order valence-electron chi connectivity index (χ3n) is 4.53. The van der Waals surface area contributed by atoms with Gasteiger partial charge in [-0.2, -0.15) is 0 Å². The maximum absolute atomic E-state index is 12.5. The normalized spacial score (nSPS) is 20.5. The summed E-state index contributed by atoms with van der Waals surface area (Å²) in [4.78, 5) is 21.0. The molecule has 3 heterocycles.